The van der Waals surface area contributed by atoms with Crippen molar-refractivity contribution in [2.45, 2.75) is 12.5 Å². The molecule has 2 heterocycles. The Morgan fingerprint density at radius 1 is 1.04 bits per heavy atom. The van der Waals surface area contributed by atoms with Crippen LogP contribution in [0.25, 0.3) is 10.6 Å². The van der Waals surface area contributed by atoms with Gasteiger partial charge in [-0.15, -0.1) is 10.2 Å². The molecule has 2 N–H and O–H groups in total. The lowest BCUT2D eigenvalue weighted by Crippen LogP contribution is -2.33. The zero-order valence-electron chi connectivity index (χ0n) is 13.8. The summed E-state index contributed by atoms with van der Waals surface area (Å²) >= 11 is 1.14. The Morgan fingerprint density at radius 2 is 1.71 bits per heavy atom. The molecule has 12 heteroatoms. The molecule has 0 bridgehead atoms. The number of ether oxygens (including phenoxy) is 1. The number of alkyl halides is 4. The summed E-state index contributed by atoms with van der Waals surface area (Å²) in [5, 5.41) is 13.5. The molecule has 0 radical (unpaired) electrons. The number of aromatic nitrogens is 3. The van der Waals surface area contributed by atoms with E-state index in [0.717, 1.165) is 29.0 Å². The Balaban J connectivity index is 1.57. The molecule has 0 aliphatic heterocycles. The van der Waals surface area contributed by atoms with E-state index in [1.165, 1.54) is 12.1 Å². The quantitative estimate of drug-likeness (QED) is 0.582. The topological polar surface area (TPSA) is 89.0 Å². The van der Waals surface area contributed by atoms with Gasteiger partial charge in [0.2, 0.25) is 5.13 Å². The first-order valence-corrected chi connectivity index (χ1v) is 8.42. The second-order valence-electron chi connectivity index (χ2n) is 5.22. The monoisotopic (exact) mass is 413 g/mol. The van der Waals surface area contributed by atoms with Gasteiger partial charge in [0, 0.05) is 23.6 Å². The molecule has 28 heavy (non-hydrogen) atoms. The minimum absolute atomic E-state index is 0.226. The summed E-state index contributed by atoms with van der Waals surface area (Å²) < 4.78 is 53.8. The highest BCUT2D eigenvalue weighted by Gasteiger charge is 2.43. The lowest BCUT2D eigenvalue weighted by atomic mass is 10.3. The fourth-order valence-corrected chi connectivity index (χ4v) is 2.70. The Hall–Kier alpha value is -3.28. The van der Waals surface area contributed by atoms with Gasteiger partial charge in [0.05, 0.1) is 0 Å². The van der Waals surface area contributed by atoms with Crippen molar-refractivity contribution >= 4 is 28.2 Å². The van der Waals surface area contributed by atoms with Crippen molar-refractivity contribution < 1.29 is 27.1 Å². The Morgan fingerprint density at radius 3 is 2.36 bits per heavy atom. The normalized spacial score (nSPS) is 11.3. The van der Waals surface area contributed by atoms with Crippen LogP contribution in [0.4, 0.5) is 33.2 Å². The first-order chi connectivity index (χ1) is 13.3. The number of carbonyl (C=O) groups excluding carboxylic acids is 1. The van der Waals surface area contributed by atoms with Crippen LogP contribution in [0, 0.1) is 0 Å². The van der Waals surface area contributed by atoms with Crippen LogP contribution in [0.5, 0.6) is 5.75 Å². The van der Waals surface area contributed by atoms with Gasteiger partial charge in [-0.3, -0.25) is 10.3 Å². The Kier molecular flexibility index (Phi) is 5.68. The van der Waals surface area contributed by atoms with E-state index in [1.54, 1.807) is 24.5 Å². The average molecular weight is 413 g/mol. The number of urea groups is 1. The number of hydrogen-bond acceptors (Lipinski definition) is 6. The summed E-state index contributed by atoms with van der Waals surface area (Å²) in [4.78, 5) is 15.9. The minimum Gasteiger partial charge on any atom is -0.428 e. The molecule has 0 aliphatic rings. The first kappa shape index (κ1) is 19.5. The van der Waals surface area contributed by atoms with Crippen LogP contribution < -0.4 is 15.4 Å². The van der Waals surface area contributed by atoms with Crippen molar-refractivity contribution in [3.8, 4) is 16.3 Å². The molecule has 3 aromatic rings. The van der Waals surface area contributed by atoms with E-state index in [4.69, 9.17) is 0 Å². The lowest BCUT2D eigenvalue weighted by molar-refractivity contribution is -0.253. The fraction of sp³-hybridized carbons (Fsp3) is 0.125. The first-order valence-electron chi connectivity index (χ1n) is 7.60. The van der Waals surface area contributed by atoms with Crippen LogP contribution in [-0.4, -0.2) is 33.7 Å². The molecule has 2 aromatic heterocycles. The number of hydrogen-bond donors (Lipinski definition) is 2. The molecular weight excluding hydrogens is 402 g/mol. The Bertz CT molecular complexity index is 938. The summed E-state index contributed by atoms with van der Waals surface area (Å²) in [5.74, 6) is -0.470. The van der Waals surface area contributed by atoms with Crippen molar-refractivity contribution in [3.05, 3.63) is 48.8 Å². The smallest absolute Gasteiger partial charge is 0.428 e. The molecule has 0 aliphatic carbocycles. The number of nitrogens with zero attached hydrogens (tertiary/aromatic N) is 3. The third-order valence-electron chi connectivity index (χ3n) is 3.19. The number of pyridine rings is 1. The molecule has 0 spiro atoms. The van der Waals surface area contributed by atoms with Gasteiger partial charge in [0.1, 0.15) is 10.8 Å². The van der Waals surface area contributed by atoms with Gasteiger partial charge in [-0.25, -0.2) is 4.79 Å². The van der Waals surface area contributed by atoms with Gasteiger partial charge >= 0.3 is 18.6 Å². The summed E-state index contributed by atoms with van der Waals surface area (Å²) in [6, 6.07) is 7.33. The highest BCUT2D eigenvalue weighted by atomic mass is 32.1. The molecule has 2 amide bonds. The van der Waals surface area contributed by atoms with E-state index in [1.807, 2.05) is 0 Å². The van der Waals surface area contributed by atoms with E-state index in [2.05, 4.69) is 30.6 Å². The third kappa shape index (κ3) is 4.91. The van der Waals surface area contributed by atoms with Gasteiger partial charge in [-0.1, -0.05) is 11.3 Å². The Labute approximate surface area is 159 Å². The number of amides is 2. The molecule has 146 valence electrons. The van der Waals surface area contributed by atoms with Crippen LogP contribution in [0.2, 0.25) is 0 Å². The van der Waals surface area contributed by atoms with Gasteiger partial charge in [0.15, 0.2) is 0 Å². The van der Waals surface area contributed by atoms with Crippen molar-refractivity contribution in [1.82, 2.24) is 15.2 Å². The summed E-state index contributed by atoms with van der Waals surface area (Å²) in [6.07, 6.45) is -5.36. The molecule has 0 saturated heterocycles. The van der Waals surface area contributed by atoms with E-state index in [0.29, 0.717) is 5.01 Å². The van der Waals surface area contributed by atoms with Gasteiger partial charge in [-0.2, -0.15) is 17.6 Å². The van der Waals surface area contributed by atoms with E-state index < -0.39 is 24.3 Å². The van der Waals surface area contributed by atoms with Gasteiger partial charge in [0.25, 0.3) is 0 Å². The largest absolute Gasteiger partial charge is 0.461 e. The zero-order chi connectivity index (χ0) is 20.1. The standard InChI is InChI=1S/C16H11F4N5O2S/c17-13(18)16(19,20)27-11-3-1-10(2-4-11)22-14(26)23-15-25-24-12(28-15)9-5-7-21-8-6-9/h1-8,13H,(H2,22,23,25,26). The molecular formula is C16H11F4N5O2S. The second kappa shape index (κ2) is 8.17. The van der Waals surface area contributed by atoms with E-state index in [9.17, 15) is 22.4 Å². The maximum absolute atomic E-state index is 12.8. The fourth-order valence-electron chi connectivity index (χ4n) is 1.95. The van der Waals surface area contributed by atoms with Crippen molar-refractivity contribution in [1.29, 1.82) is 0 Å². The predicted molar refractivity (Wildman–Crippen MR) is 93.8 cm³/mol. The molecule has 7 nitrogen and oxygen atoms in total. The van der Waals surface area contributed by atoms with Crippen molar-refractivity contribution in [3.63, 3.8) is 0 Å². The van der Waals surface area contributed by atoms with Gasteiger partial charge < -0.3 is 10.1 Å². The van der Waals surface area contributed by atoms with Gasteiger partial charge in [-0.05, 0) is 36.4 Å². The number of benzene rings is 1. The molecule has 1 aromatic carbocycles. The SMILES string of the molecule is O=C(Nc1ccc(OC(F)(F)C(F)F)cc1)Nc1nnc(-c2ccncc2)s1. The maximum atomic E-state index is 12.8. The van der Waals surface area contributed by atoms with Crippen LogP contribution in [0.15, 0.2) is 48.8 Å². The number of nitrogens with one attached hydrogen (secondary N) is 2. The zero-order valence-corrected chi connectivity index (χ0v) is 14.6. The number of rotatable bonds is 6. The number of anilines is 2. The van der Waals surface area contributed by atoms with E-state index >= 15 is 0 Å². The lowest BCUT2D eigenvalue weighted by Gasteiger charge is -2.16. The van der Waals surface area contributed by atoms with Crippen LogP contribution in [-0.2, 0) is 0 Å². The molecule has 0 fully saturated rings. The molecule has 0 saturated carbocycles. The molecule has 3 rings (SSSR count). The number of carbonyl (C=O) groups is 1. The van der Waals surface area contributed by atoms with Crippen LogP contribution in [0.3, 0.4) is 0 Å². The highest BCUT2D eigenvalue weighted by molar-refractivity contribution is 7.18. The number of halogens is 4. The third-order valence-corrected chi connectivity index (χ3v) is 4.08. The minimum atomic E-state index is -4.60. The predicted octanol–water partition coefficient (Wildman–Crippen LogP) is 4.48. The van der Waals surface area contributed by atoms with Crippen molar-refractivity contribution in [2.75, 3.05) is 10.6 Å². The van der Waals surface area contributed by atoms with Crippen LogP contribution >= 0.6 is 11.3 Å². The highest BCUT2D eigenvalue weighted by Crippen LogP contribution is 2.28. The van der Waals surface area contributed by atoms with Crippen molar-refractivity contribution in [2.24, 2.45) is 0 Å². The molecule has 0 atom stereocenters. The average Bonchev–Trinajstić information content (AvgIpc) is 3.12. The summed E-state index contributed by atoms with van der Waals surface area (Å²) in [5.41, 5.74) is 1.02. The second-order valence-corrected chi connectivity index (χ2v) is 6.19. The van der Waals surface area contributed by atoms with Crippen LogP contribution in [0.1, 0.15) is 0 Å². The maximum Gasteiger partial charge on any atom is 0.461 e. The van der Waals surface area contributed by atoms with E-state index in [-0.39, 0.29) is 10.8 Å². The summed E-state index contributed by atoms with van der Waals surface area (Å²) in [6.45, 7) is 0. The molecule has 0 unspecified atom stereocenters. The summed E-state index contributed by atoms with van der Waals surface area (Å²) in [7, 11) is 0.